The molecule has 0 amide bonds. The highest BCUT2D eigenvalue weighted by atomic mass is 15.2. The monoisotopic (exact) mass is 240 g/mol. The number of anilines is 2. The van der Waals surface area contributed by atoms with Crippen molar-refractivity contribution in [1.82, 2.24) is 9.97 Å². The van der Waals surface area contributed by atoms with Gasteiger partial charge >= 0.3 is 0 Å². The van der Waals surface area contributed by atoms with E-state index in [-0.39, 0.29) is 0 Å². The van der Waals surface area contributed by atoms with Gasteiger partial charge in [0.2, 0.25) is 0 Å². The molecule has 0 radical (unpaired) electrons. The lowest BCUT2D eigenvalue weighted by atomic mass is 10.1. The molecule has 0 saturated carbocycles. The minimum absolute atomic E-state index is 0.429. The van der Waals surface area contributed by atoms with Crippen LogP contribution in [-0.2, 0) is 0 Å². The van der Waals surface area contributed by atoms with Crippen LogP contribution in [0.2, 0.25) is 0 Å². The standard InChI is InChI=1S/C14H16N4/c15-14-4-3-12(10-17-14)18-9-1-2-13(18)11-5-7-16-8-6-11/h3-8,10,13H,1-2,9H2,(H2,15,17). The molecule has 92 valence electrons. The summed E-state index contributed by atoms with van der Waals surface area (Å²) in [6.45, 7) is 1.07. The maximum Gasteiger partial charge on any atom is 0.123 e. The highest BCUT2D eigenvalue weighted by molar-refractivity contribution is 5.51. The van der Waals surface area contributed by atoms with Crippen molar-refractivity contribution in [2.24, 2.45) is 0 Å². The zero-order chi connectivity index (χ0) is 12.4. The Morgan fingerprint density at radius 3 is 2.72 bits per heavy atom. The highest BCUT2D eigenvalue weighted by Gasteiger charge is 2.26. The molecule has 0 aromatic carbocycles. The first-order chi connectivity index (χ1) is 8.84. The molecule has 0 aliphatic carbocycles. The Morgan fingerprint density at radius 1 is 1.17 bits per heavy atom. The number of rotatable bonds is 2. The van der Waals surface area contributed by atoms with Gasteiger partial charge in [0, 0.05) is 18.9 Å². The molecule has 2 aromatic heterocycles. The summed E-state index contributed by atoms with van der Waals surface area (Å²) >= 11 is 0. The first-order valence-electron chi connectivity index (χ1n) is 6.23. The van der Waals surface area contributed by atoms with Crippen LogP contribution in [0.15, 0.2) is 42.9 Å². The smallest absolute Gasteiger partial charge is 0.123 e. The number of aromatic nitrogens is 2. The van der Waals surface area contributed by atoms with Crippen LogP contribution in [0, 0.1) is 0 Å². The van der Waals surface area contributed by atoms with E-state index in [1.54, 1.807) is 0 Å². The van der Waals surface area contributed by atoms with E-state index >= 15 is 0 Å². The Bertz CT molecular complexity index is 509. The molecule has 3 rings (SSSR count). The predicted molar refractivity (Wildman–Crippen MR) is 72.2 cm³/mol. The number of nitrogen functional groups attached to an aromatic ring is 1. The van der Waals surface area contributed by atoms with Gasteiger partial charge in [0.1, 0.15) is 5.82 Å². The summed E-state index contributed by atoms with van der Waals surface area (Å²) in [6, 6.07) is 8.51. The van der Waals surface area contributed by atoms with Crippen LogP contribution in [0.4, 0.5) is 11.5 Å². The molecule has 1 aliphatic rings. The fraction of sp³-hybridized carbons (Fsp3) is 0.286. The van der Waals surface area contributed by atoms with Crippen LogP contribution < -0.4 is 10.6 Å². The number of hydrogen-bond donors (Lipinski definition) is 1. The van der Waals surface area contributed by atoms with Crippen molar-refractivity contribution in [3.63, 3.8) is 0 Å². The Labute approximate surface area is 106 Å². The first-order valence-corrected chi connectivity index (χ1v) is 6.23. The average Bonchev–Trinajstić information content (AvgIpc) is 2.90. The van der Waals surface area contributed by atoms with Gasteiger partial charge < -0.3 is 10.6 Å². The molecular formula is C14H16N4. The molecule has 1 fully saturated rings. The lowest BCUT2D eigenvalue weighted by molar-refractivity contribution is 0.717. The van der Waals surface area contributed by atoms with Crippen LogP contribution in [-0.4, -0.2) is 16.5 Å². The molecule has 1 unspecified atom stereocenters. The summed E-state index contributed by atoms with van der Waals surface area (Å²) < 4.78 is 0. The molecule has 4 nitrogen and oxygen atoms in total. The van der Waals surface area contributed by atoms with Crippen LogP contribution in [0.3, 0.4) is 0 Å². The van der Waals surface area contributed by atoms with Crippen molar-refractivity contribution in [1.29, 1.82) is 0 Å². The molecule has 0 spiro atoms. The molecule has 1 atom stereocenters. The Kier molecular flexibility index (Phi) is 2.84. The van der Waals surface area contributed by atoms with Gasteiger partial charge in [-0.25, -0.2) is 4.98 Å². The largest absolute Gasteiger partial charge is 0.384 e. The normalized spacial score (nSPS) is 19.1. The minimum atomic E-state index is 0.429. The van der Waals surface area contributed by atoms with E-state index in [1.165, 1.54) is 18.4 Å². The summed E-state index contributed by atoms with van der Waals surface area (Å²) in [5, 5.41) is 0. The first kappa shape index (κ1) is 11.0. The number of nitrogens with two attached hydrogens (primary N) is 1. The quantitative estimate of drug-likeness (QED) is 0.875. The average molecular weight is 240 g/mol. The van der Waals surface area contributed by atoms with E-state index in [4.69, 9.17) is 5.73 Å². The van der Waals surface area contributed by atoms with Gasteiger partial charge in [-0.05, 0) is 42.7 Å². The maximum absolute atomic E-state index is 5.63. The van der Waals surface area contributed by atoms with Crippen molar-refractivity contribution in [3.05, 3.63) is 48.4 Å². The Hall–Kier alpha value is -2.10. The third-order valence-electron chi connectivity index (χ3n) is 3.45. The third-order valence-corrected chi connectivity index (χ3v) is 3.45. The molecule has 18 heavy (non-hydrogen) atoms. The van der Waals surface area contributed by atoms with Gasteiger partial charge in [-0.15, -0.1) is 0 Å². The molecule has 2 N–H and O–H groups in total. The van der Waals surface area contributed by atoms with Gasteiger partial charge in [-0.3, -0.25) is 4.98 Å². The molecule has 1 saturated heterocycles. The van der Waals surface area contributed by atoms with E-state index in [1.807, 2.05) is 30.7 Å². The fourth-order valence-electron chi connectivity index (χ4n) is 2.58. The number of nitrogens with zero attached hydrogens (tertiary/aromatic N) is 3. The van der Waals surface area contributed by atoms with Crippen molar-refractivity contribution in [3.8, 4) is 0 Å². The van der Waals surface area contributed by atoms with Gasteiger partial charge in [-0.2, -0.15) is 0 Å². The Balaban J connectivity index is 1.90. The second-order valence-corrected chi connectivity index (χ2v) is 4.57. The van der Waals surface area contributed by atoms with Crippen LogP contribution >= 0.6 is 0 Å². The van der Waals surface area contributed by atoms with Crippen LogP contribution in [0.5, 0.6) is 0 Å². The molecular weight excluding hydrogens is 224 g/mol. The zero-order valence-corrected chi connectivity index (χ0v) is 10.2. The van der Waals surface area contributed by atoms with Gasteiger partial charge in [0.05, 0.1) is 17.9 Å². The summed E-state index contributed by atoms with van der Waals surface area (Å²) in [4.78, 5) is 10.6. The summed E-state index contributed by atoms with van der Waals surface area (Å²) in [7, 11) is 0. The molecule has 1 aliphatic heterocycles. The van der Waals surface area contributed by atoms with Gasteiger partial charge in [-0.1, -0.05) is 0 Å². The lowest BCUT2D eigenvalue weighted by Crippen LogP contribution is -2.22. The number of hydrogen-bond acceptors (Lipinski definition) is 4. The summed E-state index contributed by atoms with van der Waals surface area (Å²) in [5.41, 5.74) is 8.09. The molecule has 2 aromatic rings. The van der Waals surface area contributed by atoms with E-state index in [2.05, 4.69) is 27.0 Å². The molecule has 3 heterocycles. The SMILES string of the molecule is Nc1ccc(N2CCCC2c2ccncc2)cn1. The van der Waals surface area contributed by atoms with Crippen molar-refractivity contribution in [2.75, 3.05) is 17.2 Å². The van der Waals surface area contributed by atoms with Crippen LogP contribution in [0.1, 0.15) is 24.4 Å². The second kappa shape index (κ2) is 4.64. The predicted octanol–water partition coefficient (Wildman–Crippen LogP) is 2.40. The lowest BCUT2D eigenvalue weighted by Gasteiger charge is -2.26. The summed E-state index contributed by atoms with van der Waals surface area (Å²) in [6.07, 6.45) is 7.95. The van der Waals surface area contributed by atoms with E-state index in [0.717, 1.165) is 12.2 Å². The summed E-state index contributed by atoms with van der Waals surface area (Å²) in [5.74, 6) is 0.568. The maximum atomic E-state index is 5.63. The van der Waals surface area contributed by atoms with Gasteiger partial charge in [0.25, 0.3) is 0 Å². The van der Waals surface area contributed by atoms with Crippen molar-refractivity contribution < 1.29 is 0 Å². The minimum Gasteiger partial charge on any atom is -0.384 e. The highest BCUT2D eigenvalue weighted by Crippen LogP contribution is 2.35. The van der Waals surface area contributed by atoms with Crippen molar-refractivity contribution >= 4 is 11.5 Å². The Morgan fingerprint density at radius 2 is 2.00 bits per heavy atom. The van der Waals surface area contributed by atoms with Gasteiger partial charge in [0.15, 0.2) is 0 Å². The van der Waals surface area contributed by atoms with Crippen LogP contribution in [0.25, 0.3) is 0 Å². The van der Waals surface area contributed by atoms with E-state index < -0.39 is 0 Å². The topological polar surface area (TPSA) is 55.0 Å². The van der Waals surface area contributed by atoms with Crippen molar-refractivity contribution in [2.45, 2.75) is 18.9 Å². The third kappa shape index (κ3) is 2.01. The van der Waals surface area contributed by atoms with E-state index in [0.29, 0.717) is 11.9 Å². The van der Waals surface area contributed by atoms with E-state index in [9.17, 15) is 0 Å². The molecule has 0 bridgehead atoms. The number of pyridine rings is 2. The second-order valence-electron chi connectivity index (χ2n) is 4.57. The fourth-order valence-corrected chi connectivity index (χ4v) is 2.58. The zero-order valence-electron chi connectivity index (χ0n) is 10.2. The molecule has 4 heteroatoms.